The molecule has 134 valence electrons. The van der Waals surface area contributed by atoms with Gasteiger partial charge in [0.1, 0.15) is 11.5 Å². The van der Waals surface area contributed by atoms with E-state index in [0.717, 1.165) is 0 Å². The fourth-order valence-corrected chi connectivity index (χ4v) is 2.50. The molecule has 8 heteroatoms. The zero-order chi connectivity index (χ0) is 17.7. The van der Waals surface area contributed by atoms with E-state index in [9.17, 15) is 9.59 Å². The first-order valence-corrected chi connectivity index (χ1v) is 7.51. The van der Waals surface area contributed by atoms with Crippen LogP contribution in [-0.2, 0) is 4.79 Å². The van der Waals surface area contributed by atoms with Crippen molar-refractivity contribution in [1.29, 1.82) is 0 Å². The molecule has 1 atom stereocenters. The predicted octanol–water partition coefficient (Wildman–Crippen LogP) is 3.77. The van der Waals surface area contributed by atoms with Gasteiger partial charge in [0, 0.05) is 10.9 Å². The third-order valence-corrected chi connectivity index (χ3v) is 3.79. The molecule has 0 aliphatic heterocycles. The van der Waals surface area contributed by atoms with E-state index in [0.29, 0.717) is 22.1 Å². The highest BCUT2D eigenvalue weighted by atomic mass is 35.5. The van der Waals surface area contributed by atoms with Crippen LogP contribution in [0.4, 0.5) is 0 Å². The lowest BCUT2D eigenvalue weighted by molar-refractivity contribution is -0.137. The van der Waals surface area contributed by atoms with Gasteiger partial charge in [0.2, 0.25) is 0 Å². The summed E-state index contributed by atoms with van der Waals surface area (Å²) < 4.78 is 5.67. The molecule has 0 aromatic heterocycles. The molecule has 0 aliphatic carbocycles. The molecule has 0 fully saturated rings. The average Bonchev–Trinajstić information content (AvgIpc) is 2.55. The first kappa shape index (κ1) is 20.8. The van der Waals surface area contributed by atoms with Crippen molar-refractivity contribution in [3.8, 4) is 11.5 Å². The molecule has 0 aliphatic rings. The second kappa shape index (κ2) is 9.27. The molecule has 0 spiro atoms. The molecule has 0 amide bonds. The Labute approximate surface area is 155 Å². The van der Waals surface area contributed by atoms with Crippen molar-refractivity contribution in [2.75, 3.05) is 6.54 Å². The molecule has 0 saturated heterocycles. The first-order chi connectivity index (χ1) is 11.4. The van der Waals surface area contributed by atoms with Crippen molar-refractivity contribution in [3.63, 3.8) is 0 Å². The van der Waals surface area contributed by atoms with Gasteiger partial charge in [0.15, 0.2) is 0 Å². The van der Waals surface area contributed by atoms with Gasteiger partial charge in [0.05, 0.1) is 12.0 Å². The van der Waals surface area contributed by atoms with Crippen LogP contribution in [0.2, 0.25) is 5.02 Å². The molecule has 4 N–H and O–H groups in total. The molecule has 25 heavy (non-hydrogen) atoms. The molecule has 0 saturated carbocycles. The Kier molecular flexibility index (Phi) is 7.70. The number of rotatable bonds is 7. The SMILES string of the molecule is Cl.NC[C@H](CC(=O)O)c1cc(Oc2ccc(C(=O)O)cc2)ccc1Cl. The van der Waals surface area contributed by atoms with Crippen molar-refractivity contribution in [2.45, 2.75) is 12.3 Å². The van der Waals surface area contributed by atoms with Gasteiger partial charge in [-0.3, -0.25) is 4.79 Å². The summed E-state index contributed by atoms with van der Waals surface area (Å²) in [5.74, 6) is -1.49. The number of aliphatic carboxylic acids is 1. The van der Waals surface area contributed by atoms with E-state index in [1.54, 1.807) is 18.2 Å². The second-order valence-electron chi connectivity index (χ2n) is 5.15. The highest BCUT2D eigenvalue weighted by Gasteiger charge is 2.18. The van der Waals surface area contributed by atoms with Crippen molar-refractivity contribution in [3.05, 3.63) is 58.6 Å². The summed E-state index contributed by atoms with van der Waals surface area (Å²) in [7, 11) is 0. The lowest BCUT2D eigenvalue weighted by Gasteiger charge is -2.16. The Hall–Kier alpha value is -2.28. The van der Waals surface area contributed by atoms with Crippen LogP contribution >= 0.6 is 24.0 Å². The number of aromatic carboxylic acids is 1. The topological polar surface area (TPSA) is 110 Å². The van der Waals surface area contributed by atoms with Crippen LogP contribution in [0, 0.1) is 0 Å². The molecule has 6 nitrogen and oxygen atoms in total. The summed E-state index contributed by atoms with van der Waals surface area (Å²) in [4.78, 5) is 21.8. The molecular formula is C17H17Cl2NO5. The average molecular weight is 386 g/mol. The number of nitrogens with two attached hydrogens (primary N) is 1. The molecule has 2 aromatic rings. The van der Waals surface area contributed by atoms with Crippen molar-refractivity contribution < 1.29 is 24.5 Å². The van der Waals surface area contributed by atoms with E-state index in [-0.39, 0.29) is 30.9 Å². The highest BCUT2D eigenvalue weighted by molar-refractivity contribution is 6.31. The van der Waals surface area contributed by atoms with Crippen LogP contribution in [0.3, 0.4) is 0 Å². The van der Waals surface area contributed by atoms with Crippen molar-refractivity contribution >= 4 is 35.9 Å². The number of carboxylic acid groups (broad SMARTS) is 2. The van der Waals surface area contributed by atoms with E-state index >= 15 is 0 Å². The minimum Gasteiger partial charge on any atom is -0.481 e. The number of hydrogen-bond donors (Lipinski definition) is 3. The van der Waals surface area contributed by atoms with Crippen LogP contribution in [0.15, 0.2) is 42.5 Å². The Morgan fingerprint density at radius 3 is 2.20 bits per heavy atom. The number of hydrogen-bond acceptors (Lipinski definition) is 4. The number of carbonyl (C=O) groups is 2. The number of halogens is 2. The number of ether oxygens (including phenoxy) is 1. The molecule has 0 radical (unpaired) electrons. The Balaban J connectivity index is 0.00000312. The van der Waals surface area contributed by atoms with E-state index in [1.165, 1.54) is 24.3 Å². The van der Waals surface area contributed by atoms with E-state index in [4.69, 9.17) is 32.3 Å². The zero-order valence-corrected chi connectivity index (χ0v) is 14.6. The molecule has 0 bridgehead atoms. The highest BCUT2D eigenvalue weighted by Crippen LogP contribution is 2.32. The summed E-state index contributed by atoms with van der Waals surface area (Å²) in [6.45, 7) is 0.142. The van der Waals surface area contributed by atoms with Gasteiger partial charge in [-0.05, 0) is 54.6 Å². The predicted molar refractivity (Wildman–Crippen MR) is 96.2 cm³/mol. The Morgan fingerprint density at radius 1 is 1.08 bits per heavy atom. The van der Waals surface area contributed by atoms with Gasteiger partial charge >= 0.3 is 11.9 Å². The van der Waals surface area contributed by atoms with E-state index in [2.05, 4.69) is 0 Å². The van der Waals surface area contributed by atoms with Gasteiger partial charge in [-0.1, -0.05) is 11.6 Å². The largest absolute Gasteiger partial charge is 0.481 e. The van der Waals surface area contributed by atoms with Crippen LogP contribution in [-0.4, -0.2) is 28.7 Å². The van der Waals surface area contributed by atoms with Crippen LogP contribution < -0.4 is 10.5 Å². The fraction of sp³-hybridized carbons (Fsp3) is 0.176. The maximum absolute atomic E-state index is 10.9. The molecule has 2 rings (SSSR count). The molecule has 2 aromatic carbocycles. The van der Waals surface area contributed by atoms with Crippen LogP contribution in [0.1, 0.15) is 28.3 Å². The van der Waals surface area contributed by atoms with Crippen molar-refractivity contribution in [1.82, 2.24) is 0 Å². The Bertz CT molecular complexity index is 749. The molecule has 0 unspecified atom stereocenters. The second-order valence-corrected chi connectivity index (χ2v) is 5.55. The van der Waals surface area contributed by atoms with E-state index in [1.807, 2.05) is 0 Å². The number of carboxylic acids is 2. The van der Waals surface area contributed by atoms with Gasteiger partial charge in [-0.15, -0.1) is 12.4 Å². The van der Waals surface area contributed by atoms with E-state index < -0.39 is 17.9 Å². The summed E-state index contributed by atoms with van der Waals surface area (Å²) in [5, 5.41) is 18.3. The molecule has 0 heterocycles. The standard InChI is InChI=1S/C17H16ClNO5.ClH/c18-15-6-5-13(8-14(15)11(9-19)7-16(20)21)24-12-3-1-10(2-4-12)17(22)23;/h1-6,8,11H,7,9,19H2,(H,20,21)(H,22,23);1H/t11-;/m0./s1. The minimum atomic E-state index is -1.02. The molecular weight excluding hydrogens is 369 g/mol. The van der Waals surface area contributed by atoms with Gasteiger partial charge in [-0.25, -0.2) is 4.79 Å². The Morgan fingerprint density at radius 2 is 1.68 bits per heavy atom. The van der Waals surface area contributed by atoms with Crippen LogP contribution in [0.5, 0.6) is 11.5 Å². The summed E-state index contributed by atoms with van der Waals surface area (Å²) >= 11 is 6.14. The summed E-state index contributed by atoms with van der Waals surface area (Å²) in [5.41, 5.74) is 6.41. The van der Waals surface area contributed by atoms with Crippen LogP contribution in [0.25, 0.3) is 0 Å². The monoisotopic (exact) mass is 385 g/mol. The van der Waals surface area contributed by atoms with Gasteiger partial charge < -0.3 is 20.7 Å². The summed E-state index contributed by atoms with van der Waals surface area (Å²) in [6.07, 6.45) is -0.132. The maximum atomic E-state index is 10.9. The lowest BCUT2D eigenvalue weighted by atomic mass is 9.95. The third kappa shape index (κ3) is 5.63. The fourth-order valence-electron chi connectivity index (χ4n) is 2.23. The van der Waals surface area contributed by atoms with Crippen molar-refractivity contribution in [2.24, 2.45) is 5.73 Å². The van der Waals surface area contributed by atoms with Gasteiger partial charge in [-0.2, -0.15) is 0 Å². The zero-order valence-electron chi connectivity index (χ0n) is 13.0. The maximum Gasteiger partial charge on any atom is 0.335 e. The van der Waals surface area contributed by atoms with Gasteiger partial charge in [0.25, 0.3) is 0 Å². The lowest BCUT2D eigenvalue weighted by Crippen LogP contribution is -2.16. The smallest absolute Gasteiger partial charge is 0.335 e. The number of benzene rings is 2. The summed E-state index contributed by atoms with van der Waals surface area (Å²) in [6, 6.07) is 10.8. The third-order valence-electron chi connectivity index (χ3n) is 3.45. The quantitative estimate of drug-likeness (QED) is 0.668. The normalized spacial score (nSPS) is 11.3. The first-order valence-electron chi connectivity index (χ1n) is 7.13. The minimum absolute atomic E-state index is 0.